The Morgan fingerprint density at radius 1 is 0.719 bits per heavy atom. The van der Waals surface area contributed by atoms with Gasteiger partial charge in [0.15, 0.2) is 0 Å². The zero-order chi connectivity index (χ0) is 23.4. The van der Waals surface area contributed by atoms with Crippen LogP contribution in [0.4, 0.5) is 0 Å². The Kier molecular flexibility index (Phi) is 8.11. The summed E-state index contributed by atoms with van der Waals surface area (Å²) in [7, 11) is -1.90. The van der Waals surface area contributed by atoms with Crippen molar-refractivity contribution in [2.24, 2.45) is 0 Å². The molecule has 170 valence electrons. The molecule has 0 amide bonds. The van der Waals surface area contributed by atoms with E-state index in [1.807, 2.05) is 0 Å². The van der Waals surface area contributed by atoms with Crippen LogP contribution in [0.25, 0.3) is 0 Å². The van der Waals surface area contributed by atoms with Gasteiger partial charge in [-0.15, -0.1) is 0 Å². The predicted molar refractivity (Wildman–Crippen MR) is 146 cm³/mol. The van der Waals surface area contributed by atoms with Crippen molar-refractivity contribution >= 4 is 37.4 Å². The van der Waals surface area contributed by atoms with Gasteiger partial charge in [-0.1, -0.05) is 0 Å². The summed E-state index contributed by atoms with van der Waals surface area (Å²) in [6.07, 6.45) is 1.32. The van der Waals surface area contributed by atoms with Gasteiger partial charge in [-0.3, -0.25) is 0 Å². The Hall–Kier alpha value is -1.36. The fourth-order valence-electron chi connectivity index (χ4n) is 4.96. The molecule has 0 N–H and O–H groups in total. The van der Waals surface area contributed by atoms with Gasteiger partial charge in [0.05, 0.1) is 0 Å². The minimum atomic E-state index is -3.45. The van der Waals surface area contributed by atoms with Crippen LogP contribution >= 0.6 is 0 Å². The fraction of sp³-hybridized carbons (Fsp3) is 0.379. The molecule has 3 heteroatoms. The van der Waals surface area contributed by atoms with Crippen molar-refractivity contribution in [2.75, 3.05) is 0 Å². The molecule has 0 aliphatic rings. The number of hydrogen-bond acceptors (Lipinski definition) is 1. The molecule has 0 unspecified atom stereocenters. The zero-order valence-electron chi connectivity index (χ0n) is 20.9. The third-order valence-corrected chi connectivity index (χ3v) is 28.4. The summed E-state index contributed by atoms with van der Waals surface area (Å²) in [5.74, 6) is 0. The molecule has 0 aliphatic heterocycles. The van der Waals surface area contributed by atoms with E-state index in [0.717, 1.165) is 6.42 Å². The molecule has 0 saturated carbocycles. The average Bonchev–Trinajstić information content (AvgIpc) is 2.78. The van der Waals surface area contributed by atoms with Crippen molar-refractivity contribution < 1.29 is 4.43 Å². The maximum atomic E-state index is 7.12. The normalized spacial score (nSPS) is 14.7. The Labute approximate surface area is 201 Å². The first-order chi connectivity index (χ1) is 15.1. The van der Waals surface area contributed by atoms with Gasteiger partial charge in [0.25, 0.3) is 0 Å². The molecule has 3 aromatic carbocycles. The molecule has 32 heavy (non-hydrogen) atoms. The molecule has 0 aliphatic carbocycles. The third-order valence-electron chi connectivity index (χ3n) is 7.54. The van der Waals surface area contributed by atoms with Crippen LogP contribution in [0.3, 0.4) is 0 Å². The van der Waals surface area contributed by atoms with Gasteiger partial charge in [-0.2, -0.15) is 0 Å². The molecular weight excluding hydrogens is 511 g/mol. The van der Waals surface area contributed by atoms with Gasteiger partial charge in [0.1, 0.15) is 0 Å². The quantitative estimate of drug-likeness (QED) is 0.297. The van der Waals surface area contributed by atoms with Crippen LogP contribution in [0.1, 0.15) is 41.0 Å². The van der Waals surface area contributed by atoms with Crippen molar-refractivity contribution in [3.63, 3.8) is 0 Å². The van der Waals surface area contributed by atoms with E-state index in [2.05, 4.69) is 139 Å². The van der Waals surface area contributed by atoms with Gasteiger partial charge < -0.3 is 0 Å². The number of rotatable bonds is 8. The Bertz CT molecular complexity index is 868. The second-order valence-electron chi connectivity index (χ2n) is 10.5. The zero-order valence-corrected chi connectivity index (χ0v) is 24.8. The van der Waals surface area contributed by atoms with Crippen LogP contribution in [0.15, 0.2) is 91.0 Å². The van der Waals surface area contributed by atoms with Gasteiger partial charge >= 0.3 is 202 Å². The Morgan fingerprint density at radius 2 is 1.06 bits per heavy atom. The SMILES string of the molecule is CC[C@H]([C@H](C)O[Si](C)(C)C(C)(C)C)[Sn]([c]1ccccc1)([c]1ccccc1)[c]1ccccc1. The topological polar surface area (TPSA) is 9.23 Å². The Morgan fingerprint density at radius 3 is 1.34 bits per heavy atom. The first-order valence-electron chi connectivity index (χ1n) is 12.0. The van der Waals surface area contributed by atoms with Crippen LogP contribution < -0.4 is 10.7 Å². The van der Waals surface area contributed by atoms with Crippen LogP contribution in [0, 0.1) is 0 Å². The standard InChI is InChI=1S/C11H25OSi.3C6H5.Sn/c1-8-9-10(2)12-13(6,7)11(3,4)5;3*1-2-4-6-5-3-1;/h9-10H,8H2,1-7H3;3*1-5H;/t10-;;;;/m0..../s1. The second-order valence-corrected chi connectivity index (χ2v) is 26.9. The molecule has 0 spiro atoms. The number of hydrogen-bond donors (Lipinski definition) is 0. The molecule has 0 radical (unpaired) electrons. The van der Waals surface area contributed by atoms with E-state index in [0.29, 0.717) is 3.93 Å². The minimum absolute atomic E-state index is 0.198. The predicted octanol–water partition coefficient (Wildman–Crippen LogP) is 6.35. The summed E-state index contributed by atoms with van der Waals surface area (Å²) < 4.78 is 12.2. The average molecular weight is 551 g/mol. The summed E-state index contributed by atoms with van der Waals surface area (Å²) >= 11 is -3.45. The summed E-state index contributed by atoms with van der Waals surface area (Å²) in [6, 6.07) is 34.1. The van der Waals surface area contributed by atoms with Crippen LogP contribution in [-0.4, -0.2) is 32.8 Å². The third kappa shape index (κ3) is 4.93. The molecule has 0 heterocycles. The summed E-state index contributed by atoms with van der Waals surface area (Å²) in [5, 5.41) is 0.198. The van der Waals surface area contributed by atoms with Crippen molar-refractivity contribution in [1.82, 2.24) is 0 Å². The summed E-state index contributed by atoms with van der Waals surface area (Å²) in [6.45, 7) is 16.5. The van der Waals surface area contributed by atoms with Gasteiger partial charge in [-0.25, -0.2) is 0 Å². The summed E-state index contributed by atoms with van der Waals surface area (Å²) in [5.41, 5.74) is 0. The molecule has 3 aromatic rings. The van der Waals surface area contributed by atoms with E-state index in [-0.39, 0.29) is 11.1 Å². The van der Waals surface area contributed by atoms with E-state index in [1.165, 1.54) is 10.7 Å². The number of benzene rings is 3. The van der Waals surface area contributed by atoms with Gasteiger partial charge in [0.2, 0.25) is 0 Å². The second kappa shape index (κ2) is 10.3. The van der Waals surface area contributed by atoms with E-state index in [9.17, 15) is 0 Å². The molecular formula is C29H40OSiSn. The molecule has 0 fully saturated rings. The van der Waals surface area contributed by atoms with E-state index in [1.54, 1.807) is 0 Å². The van der Waals surface area contributed by atoms with Gasteiger partial charge in [-0.05, 0) is 0 Å². The van der Waals surface area contributed by atoms with E-state index < -0.39 is 26.7 Å². The molecule has 2 atom stereocenters. The van der Waals surface area contributed by atoms with Crippen LogP contribution in [0.5, 0.6) is 0 Å². The maximum absolute atomic E-state index is 7.12. The molecule has 0 saturated heterocycles. The molecule has 1 nitrogen and oxygen atoms in total. The van der Waals surface area contributed by atoms with Crippen molar-refractivity contribution in [1.29, 1.82) is 0 Å². The van der Waals surface area contributed by atoms with E-state index in [4.69, 9.17) is 4.43 Å². The molecule has 3 rings (SSSR count). The molecule has 0 bridgehead atoms. The van der Waals surface area contributed by atoms with Crippen LogP contribution in [0.2, 0.25) is 22.1 Å². The summed E-state index contributed by atoms with van der Waals surface area (Å²) in [4.78, 5) is 0. The monoisotopic (exact) mass is 552 g/mol. The van der Waals surface area contributed by atoms with Crippen molar-refractivity contribution in [3.8, 4) is 0 Å². The van der Waals surface area contributed by atoms with Gasteiger partial charge in [0, 0.05) is 0 Å². The van der Waals surface area contributed by atoms with Crippen molar-refractivity contribution in [2.45, 2.75) is 69.2 Å². The van der Waals surface area contributed by atoms with Crippen molar-refractivity contribution in [3.05, 3.63) is 91.0 Å². The van der Waals surface area contributed by atoms with E-state index >= 15 is 0 Å². The Balaban J connectivity index is 2.28. The fourth-order valence-corrected chi connectivity index (χ4v) is 23.4. The molecule has 0 aromatic heterocycles. The first-order valence-corrected chi connectivity index (χ1v) is 20.8. The van der Waals surface area contributed by atoms with Crippen LogP contribution in [-0.2, 0) is 4.43 Å². The first kappa shape index (κ1) is 25.3.